The molecule has 1 aliphatic heterocycles. The summed E-state index contributed by atoms with van der Waals surface area (Å²) in [5.74, 6) is -0.486. The van der Waals surface area contributed by atoms with E-state index < -0.39 is 28.1 Å². The number of hydrogen-bond donors (Lipinski definition) is 1. The molecule has 1 aliphatic rings. The molecule has 1 saturated heterocycles. The van der Waals surface area contributed by atoms with Gasteiger partial charge in [0.2, 0.25) is 0 Å². The number of nitrogens with zero attached hydrogens (tertiary/aromatic N) is 2. The Kier molecular flexibility index (Phi) is 3.94. The number of nitriles is 1. The van der Waals surface area contributed by atoms with E-state index in [-0.39, 0.29) is 18.9 Å². The molecular weight excluding hydrogens is 229 g/mol. The van der Waals surface area contributed by atoms with Crippen LogP contribution in [0.5, 0.6) is 0 Å². The van der Waals surface area contributed by atoms with Gasteiger partial charge in [0.1, 0.15) is 18.7 Å². The van der Waals surface area contributed by atoms with E-state index in [1.807, 2.05) is 6.07 Å². The zero-order valence-corrected chi connectivity index (χ0v) is 10.2. The standard InChI is InChI=1S/C10H16FN3OS/c1-6(2)9(13)10(15)14(16)5-7(11)3-8(14)4-12/h6-9H,3,5,13H2,1-2H3/t7?,8?,9-,14?/m0/s1. The molecule has 0 saturated carbocycles. The van der Waals surface area contributed by atoms with Crippen molar-refractivity contribution in [1.82, 2.24) is 0 Å². The van der Waals surface area contributed by atoms with Gasteiger partial charge < -0.3 is 22.4 Å². The fraction of sp³-hybridized carbons (Fsp3) is 0.800. The molecule has 1 rings (SSSR count). The summed E-state index contributed by atoms with van der Waals surface area (Å²) in [6, 6.07) is 0.384. The maximum atomic E-state index is 13.3. The van der Waals surface area contributed by atoms with E-state index >= 15 is 0 Å². The molecule has 0 aliphatic carbocycles. The minimum Gasteiger partial charge on any atom is -0.484 e. The van der Waals surface area contributed by atoms with Crippen molar-refractivity contribution in [1.29, 1.82) is 5.26 Å². The Labute approximate surface area is 100 Å². The minimum absolute atomic E-state index is 0.0244. The fourth-order valence-corrected chi connectivity index (χ4v) is 2.25. The van der Waals surface area contributed by atoms with Gasteiger partial charge in [0.05, 0.1) is 0 Å². The van der Waals surface area contributed by atoms with Crippen LogP contribution in [0.1, 0.15) is 20.3 Å². The number of hydrogen-bond acceptors (Lipinski definition) is 4. The highest BCUT2D eigenvalue weighted by atomic mass is 32.1. The molecule has 0 aromatic carbocycles. The van der Waals surface area contributed by atoms with Crippen LogP contribution < -0.4 is 5.73 Å². The van der Waals surface area contributed by atoms with E-state index in [9.17, 15) is 9.18 Å². The summed E-state index contributed by atoms with van der Waals surface area (Å²) >= 11 is 5.13. The zero-order chi connectivity index (χ0) is 12.5. The summed E-state index contributed by atoms with van der Waals surface area (Å²) in [5.41, 5.74) is 5.72. The number of alkyl halides is 1. The lowest BCUT2D eigenvalue weighted by atomic mass is 10.0. The van der Waals surface area contributed by atoms with Crippen molar-refractivity contribution in [3.63, 3.8) is 0 Å². The van der Waals surface area contributed by atoms with Crippen molar-refractivity contribution in [3.8, 4) is 6.07 Å². The Bertz CT molecular complexity index is 331. The van der Waals surface area contributed by atoms with E-state index in [0.717, 1.165) is 0 Å². The first kappa shape index (κ1) is 13.4. The third-order valence-electron chi connectivity index (χ3n) is 2.98. The van der Waals surface area contributed by atoms with Crippen molar-refractivity contribution in [3.05, 3.63) is 0 Å². The van der Waals surface area contributed by atoms with Gasteiger partial charge in [-0.15, -0.1) is 0 Å². The molecule has 1 heterocycles. The van der Waals surface area contributed by atoms with Crippen LogP contribution in [0.3, 0.4) is 0 Å². The second kappa shape index (κ2) is 4.70. The van der Waals surface area contributed by atoms with Gasteiger partial charge in [-0.2, -0.15) is 5.26 Å². The number of carbonyl (C=O) groups excluding carboxylic acids is 1. The van der Waals surface area contributed by atoms with Gasteiger partial charge in [-0.25, -0.2) is 9.18 Å². The van der Waals surface area contributed by atoms with Crippen LogP contribution in [0.25, 0.3) is 0 Å². The zero-order valence-electron chi connectivity index (χ0n) is 9.39. The van der Waals surface area contributed by atoms with Crippen LogP contribution in [0.2, 0.25) is 0 Å². The molecule has 4 atom stereocenters. The molecule has 0 aromatic rings. The SMILES string of the molecule is CC(C)[C@H](N)C(=O)[N+]1([S-])CC(F)CC1C#N. The van der Waals surface area contributed by atoms with E-state index in [0.29, 0.717) is 0 Å². The lowest BCUT2D eigenvalue weighted by molar-refractivity contribution is -0.721. The molecule has 2 N–H and O–H groups in total. The summed E-state index contributed by atoms with van der Waals surface area (Å²) in [5, 5.41) is 8.90. The molecule has 1 amide bonds. The van der Waals surface area contributed by atoms with Crippen LogP contribution in [0.4, 0.5) is 4.39 Å². The number of amides is 1. The van der Waals surface area contributed by atoms with Crippen LogP contribution in [-0.2, 0) is 17.6 Å². The van der Waals surface area contributed by atoms with Gasteiger partial charge in [-0.1, -0.05) is 13.8 Å². The Hall–Kier alpha value is -0.640. The fourth-order valence-electron chi connectivity index (χ4n) is 1.84. The van der Waals surface area contributed by atoms with E-state index in [2.05, 4.69) is 0 Å². The molecule has 1 fully saturated rings. The van der Waals surface area contributed by atoms with Gasteiger partial charge >= 0.3 is 5.91 Å². The Morgan fingerprint density at radius 3 is 2.69 bits per heavy atom. The first-order chi connectivity index (χ1) is 7.32. The summed E-state index contributed by atoms with van der Waals surface area (Å²) in [7, 11) is 0. The van der Waals surface area contributed by atoms with Crippen molar-refractivity contribution < 1.29 is 13.1 Å². The number of carbonyl (C=O) groups is 1. The summed E-state index contributed by atoms with van der Waals surface area (Å²) in [6.07, 6.45) is -1.17. The molecular formula is C10H16FN3OS. The lowest BCUT2D eigenvalue weighted by Gasteiger charge is -2.42. The molecule has 0 bridgehead atoms. The third-order valence-corrected chi connectivity index (χ3v) is 3.56. The summed E-state index contributed by atoms with van der Waals surface area (Å²) in [6.45, 7) is 3.48. The Balaban J connectivity index is 2.93. The van der Waals surface area contributed by atoms with Gasteiger partial charge in [0.15, 0.2) is 12.2 Å². The number of halogens is 1. The third kappa shape index (κ3) is 2.21. The van der Waals surface area contributed by atoms with Crippen LogP contribution >= 0.6 is 0 Å². The highest BCUT2D eigenvalue weighted by Crippen LogP contribution is 2.29. The molecule has 0 radical (unpaired) electrons. The predicted octanol–water partition coefficient (Wildman–Crippen LogP) is 0.409. The molecule has 6 heteroatoms. The first-order valence-electron chi connectivity index (χ1n) is 5.25. The largest absolute Gasteiger partial charge is 0.484 e. The van der Waals surface area contributed by atoms with Crippen LogP contribution in [0.15, 0.2) is 0 Å². The smallest absolute Gasteiger partial charge is 0.314 e. The minimum atomic E-state index is -1.19. The highest BCUT2D eigenvalue weighted by molar-refractivity contribution is 7.52. The number of quaternary nitrogens is 1. The van der Waals surface area contributed by atoms with Crippen molar-refractivity contribution in [2.45, 2.75) is 38.5 Å². The van der Waals surface area contributed by atoms with E-state index in [4.69, 9.17) is 23.8 Å². The summed E-state index contributed by atoms with van der Waals surface area (Å²) < 4.78 is 12.7. The average molecular weight is 245 g/mol. The van der Waals surface area contributed by atoms with Crippen LogP contribution in [0, 0.1) is 17.2 Å². The van der Waals surface area contributed by atoms with Gasteiger partial charge in [-0.3, -0.25) is 0 Å². The lowest BCUT2D eigenvalue weighted by Crippen LogP contribution is -2.58. The van der Waals surface area contributed by atoms with Gasteiger partial charge in [-0.05, 0) is 5.92 Å². The molecule has 16 heavy (non-hydrogen) atoms. The quantitative estimate of drug-likeness (QED) is 0.565. The van der Waals surface area contributed by atoms with Crippen molar-refractivity contribution >= 4 is 18.7 Å². The van der Waals surface area contributed by atoms with Gasteiger partial charge in [0, 0.05) is 6.42 Å². The van der Waals surface area contributed by atoms with Crippen molar-refractivity contribution in [2.24, 2.45) is 11.7 Å². The molecule has 90 valence electrons. The van der Waals surface area contributed by atoms with E-state index in [1.54, 1.807) is 13.8 Å². The van der Waals surface area contributed by atoms with Gasteiger partial charge in [0.25, 0.3) is 0 Å². The molecule has 3 unspecified atom stereocenters. The molecule has 4 nitrogen and oxygen atoms in total. The molecule has 0 aromatic heterocycles. The first-order valence-corrected chi connectivity index (χ1v) is 5.62. The highest BCUT2D eigenvalue weighted by Gasteiger charge is 2.47. The van der Waals surface area contributed by atoms with Crippen LogP contribution in [-0.4, -0.2) is 34.6 Å². The Morgan fingerprint density at radius 2 is 2.25 bits per heavy atom. The average Bonchev–Trinajstić information content (AvgIpc) is 2.52. The number of nitrogens with two attached hydrogens (primary N) is 1. The second-order valence-electron chi connectivity index (χ2n) is 4.56. The normalized spacial score (nSPS) is 36.1. The monoisotopic (exact) mass is 245 g/mol. The molecule has 0 spiro atoms. The summed E-state index contributed by atoms with van der Waals surface area (Å²) in [4.78, 5) is 12.0. The van der Waals surface area contributed by atoms with E-state index in [1.165, 1.54) is 0 Å². The second-order valence-corrected chi connectivity index (χ2v) is 5.22. The maximum Gasteiger partial charge on any atom is 0.314 e. The predicted molar refractivity (Wildman–Crippen MR) is 59.2 cm³/mol. The number of likely N-dealkylation sites (tertiary alicyclic amines) is 1. The van der Waals surface area contributed by atoms with Crippen molar-refractivity contribution in [2.75, 3.05) is 6.54 Å². The number of rotatable bonds is 2. The maximum absolute atomic E-state index is 13.3. The Morgan fingerprint density at radius 1 is 1.69 bits per heavy atom. The topological polar surface area (TPSA) is 66.9 Å².